The third kappa shape index (κ3) is 3.34. The van der Waals surface area contributed by atoms with E-state index in [1.807, 2.05) is 13.0 Å². The van der Waals surface area contributed by atoms with E-state index in [9.17, 15) is 4.39 Å². The Kier molecular flexibility index (Phi) is 4.40. The van der Waals surface area contributed by atoms with Crippen LogP contribution in [0.25, 0.3) is 0 Å². The molecule has 0 fully saturated rings. The summed E-state index contributed by atoms with van der Waals surface area (Å²) in [6.07, 6.45) is 0. The molecule has 0 aliphatic rings. The second kappa shape index (κ2) is 5.60. The van der Waals surface area contributed by atoms with Crippen LogP contribution in [0.5, 0.6) is 0 Å². The van der Waals surface area contributed by atoms with Crippen LogP contribution in [-0.2, 0) is 4.74 Å². The molecular weight excluding hydrogens is 181 g/mol. The molecular formula is C11H16FNO. The van der Waals surface area contributed by atoms with Crippen LogP contribution < -0.4 is 5.32 Å². The zero-order chi connectivity index (χ0) is 10.4. The highest BCUT2D eigenvalue weighted by atomic mass is 19.1. The fourth-order valence-electron chi connectivity index (χ4n) is 1.11. The van der Waals surface area contributed by atoms with Gasteiger partial charge >= 0.3 is 0 Å². The lowest BCUT2D eigenvalue weighted by atomic mass is 10.2. The SMILES string of the molecule is CCOCCNc1ccc(C)c(F)c1. The predicted octanol–water partition coefficient (Wildman–Crippen LogP) is 2.58. The van der Waals surface area contributed by atoms with E-state index < -0.39 is 0 Å². The number of nitrogens with one attached hydrogen (secondary N) is 1. The first-order valence-corrected chi connectivity index (χ1v) is 4.82. The van der Waals surface area contributed by atoms with Crippen molar-refractivity contribution in [1.29, 1.82) is 0 Å². The highest BCUT2D eigenvalue weighted by Gasteiger charge is 1.97. The Morgan fingerprint density at radius 3 is 2.86 bits per heavy atom. The molecule has 78 valence electrons. The average Bonchev–Trinajstić information content (AvgIpc) is 2.18. The van der Waals surface area contributed by atoms with Gasteiger partial charge in [-0.15, -0.1) is 0 Å². The average molecular weight is 197 g/mol. The van der Waals surface area contributed by atoms with Gasteiger partial charge in [0.15, 0.2) is 0 Å². The second-order valence-corrected chi connectivity index (χ2v) is 3.09. The molecule has 0 heterocycles. The first-order chi connectivity index (χ1) is 6.74. The van der Waals surface area contributed by atoms with Gasteiger partial charge in [-0.05, 0) is 31.5 Å². The largest absolute Gasteiger partial charge is 0.383 e. The Bertz CT molecular complexity index is 289. The van der Waals surface area contributed by atoms with E-state index in [2.05, 4.69) is 5.32 Å². The molecule has 0 bridgehead atoms. The summed E-state index contributed by atoms with van der Waals surface area (Å²) in [4.78, 5) is 0. The molecule has 1 N–H and O–H groups in total. The molecule has 1 aromatic rings. The van der Waals surface area contributed by atoms with E-state index in [-0.39, 0.29) is 5.82 Å². The molecule has 0 saturated carbocycles. The van der Waals surface area contributed by atoms with E-state index >= 15 is 0 Å². The van der Waals surface area contributed by atoms with Gasteiger partial charge in [0, 0.05) is 18.8 Å². The van der Waals surface area contributed by atoms with Gasteiger partial charge in [-0.2, -0.15) is 0 Å². The highest BCUT2D eigenvalue weighted by molar-refractivity contribution is 5.44. The molecule has 0 atom stereocenters. The lowest BCUT2D eigenvalue weighted by molar-refractivity contribution is 0.158. The van der Waals surface area contributed by atoms with Crippen molar-refractivity contribution in [3.8, 4) is 0 Å². The molecule has 0 unspecified atom stereocenters. The minimum Gasteiger partial charge on any atom is -0.383 e. The Morgan fingerprint density at radius 2 is 2.21 bits per heavy atom. The molecule has 0 aliphatic carbocycles. The Hall–Kier alpha value is -1.09. The maximum atomic E-state index is 13.1. The van der Waals surface area contributed by atoms with Gasteiger partial charge in [-0.1, -0.05) is 6.07 Å². The number of ether oxygens (including phenoxy) is 1. The van der Waals surface area contributed by atoms with Gasteiger partial charge in [-0.3, -0.25) is 0 Å². The highest BCUT2D eigenvalue weighted by Crippen LogP contribution is 2.12. The summed E-state index contributed by atoms with van der Waals surface area (Å²) in [7, 11) is 0. The first-order valence-electron chi connectivity index (χ1n) is 4.82. The third-order valence-corrected chi connectivity index (χ3v) is 1.95. The lowest BCUT2D eigenvalue weighted by Gasteiger charge is -2.07. The normalized spacial score (nSPS) is 10.2. The second-order valence-electron chi connectivity index (χ2n) is 3.09. The van der Waals surface area contributed by atoms with Gasteiger partial charge < -0.3 is 10.1 Å². The Morgan fingerprint density at radius 1 is 1.43 bits per heavy atom. The standard InChI is InChI=1S/C11H16FNO/c1-3-14-7-6-13-10-5-4-9(2)11(12)8-10/h4-5,8,13H,3,6-7H2,1-2H3. The quantitative estimate of drug-likeness (QED) is 0.732. The van der Waals surface area contributed by atoms with Crippen LogP contribution >= 0.6 is 0 Å². The van der Waals surface area contributed by atoms with Crippen LogP contribution in [0, 0.1) is 12.7 Å². The number of hydrogen-bond acceptors (Lipinski definition) is 2. The van der Waals surface area contributed by atoms with Crippen molar-refractivity contribution in [3.63, 3.8) is 0 Å². The van der Waals surface area contributed by atoms with Crippen LogP contribution in [0.3, 0.4) is 0 Å². The molecule has 0 aromatic heterocycles. The minimum absolute atomic E-state index is 0.175. The topological polar surface area (TPSA) is 21.3 Å². The van der Waals surface area contributed by atoms with Crippen LogP contribution in [-0.4, -0.2) is 19.8 Å². The molecule has 1 rings (SSSR count). The summed E-state index contributed by atoms with van der Waals surface area (Å²) >= 11 is 0. The number of anilines is 1. The van der Waals surface area contributed by atoms with Gasteiger partial charge in [0.05, 0.1) is 6.61 Å². The van der Waals surface area contributed by atoms with E-state index in [0.717, 1.165) is 5.69 Å². The molecule has 1 aromatic carbocycles. The van der Waals surface area contributed by atoms with Gasteiger partial charge in [0.25, 0.3) is 0 Å². The van der Waals surface area contributed by atoms with E-state index in [1.54, 1.807) is 13.0 Å². The summed E-state index contributed by atoms with van der Waals surface area (Å²) in [5.41, 5.74) is 1.47. The maximum absolute atomic E-state index is 13.1. The monoisotopic (exact) mass is 197 g/mol. The van der Waals surface area contributed by atoms with Crippen molar-refractivity contribution in [2.24, 2.45) is 0 Å². The lowest BCUT2D eigenvalue weighted by Crippen LogP contribution is -2.09. The molecule has 0 radical (unpaired) electrons. The van der Waals surface area contributed by atoms with Crippen LogP contribution in [0.2, 0.25) is 0 Å². The van der Waals surface area contributed by atoms with E-state index in [0.29, 0.717) is 25.3 Å². The smallest absolute Gasteiger partial charge is 0.128 e. The van der Waals surface area contributed by atoms with Crippen molar-refractivity contribution < 1.29 is 9.13 Å². The predicted molar refractivity (Wildman–Crippen MR) is 56.1 cm³/mol. The zero-order valence-corrected chi connectivity index (χ0v) is 8.64. The fourth-order valence-corrected chi connectivity index (χ4v) is 1.11. The molecule has 0 saturated heterocycles. The van der Waals surface area contributed by atoms with E-state index in [4.69, 9.17) is 4.74 Å². The first kappa shape index (κ1) is 11.0. The summed E-state index contributed by atoms with van der Waals surface area (Å²) in [5, 5.41) is 3.08. The van der Waals surface area contributed by atoms with Crippen molar-refractivity contribution in [1.82, 2.24) is 0 Å². The molecule has 14 heavy (non-hydrogen) atoms. The third-order valence-electron chi connectivity index (χ3n) is 1.95. The van der Waals surface area contributed by atoms with Crippen molar-refractivity contribution in [2.45, 2.75) is 13.8 Å². The molecule has 0 amide bonds. The fraction of sp³-hybridized carbons (Fsp3) is 0.455. The van der Waals surface area contributed by atoms with E-state index in [1.165, 1.54) is 6.07 Å². The zero-order valence-electron chi connectivity index (χ0n) is 8.64. The Balaban J connectivity index is 2.39. The summed E-state index contributed by atoms with van der Waals surface area (Å²) < 4.78 is 18.2. The number of benzene rings is 1. The van der Waals surface area contributed by atoms with Gasteiger partial charge in [-0.25, -0.2) is 4.39 Å². The van der Waals surface area contributed by atoms with Crippen molar-refractivity contribution in [2.75, 3.05) is 25.1 Å². The molecule has 0 aliphatic heterocycles. The van der Waals surface area contributed by atoms with Gasteiger partial charge in [0.1, 0.15) is 5.82 Å². The number of hydrogen-bond donors (Lipinski definition) is 1. The number of aryl methyl sites for hydroxylation is 1. The van der Waals surface area contributed by atoms with Crippen LogP contribution in [0.4, 0.5) is 10.1 Å². The van der Waals surface area contributed by atoms with Gasteiger partial charge in [0.2, 0.25) is 0 Å². The summed E-state index contributed by atoms with van der Waals surface area (Å²) in [6.45, 7) is 5.76. The minimum atomic E-state index is -0.175. The maximum Gasteiger partial charge on any atom is 0.128 e. The molecule has 3 heteroatoms. The summed E-state index contributed by atoms with van der Waals surface area (Å²) in [6, 6.07) is 5.13. The van der Waals surface area contributed by atoms with Crippen LogP contribution in [0.15, 0.2) is 18.2 Å². The van der Waals surface area contributed by atoms with Crippen molar-refractivity contribution >= 4 is 5.69 Å². The number of rotatable bonds is 5. The summed E-state index contributed by atoms with van der Waals surface area (Å²) in [5.74, 6) is -0.175. The molecule has 2 nitrogen and oxygen atoms in total. The number of halogens is 1. The van der Waals surface area contributed by atoms with Crippen LogP contribution in [0.1, 0.15) is 12.5 Å². The molecule has 0 spiro atoms. The van der Waals surface area contributed by atoms with Crippen molar-refractivity contribution in [3.05, 3.63) is 29.6 Å². The Labute approximate surface area is 84.1 Å².